The number of rotatable bonds is 4. The van der Waals surface area contributed by atoms with Crippen LogP contribution >= 0.6 is 15.9 Å². The normalized spacial score (nSPS) is 36.5. The molecule has 0 spiro atoms. The third kappa shape index (κ3) is 2.61. The van der Waals surface area contributed by atoms with E-state index in [-0.39, 0.29) is 15.6 Å². The predicted molar refractivity (Wildman–Crippen MR) is 96.9 cm³/mol. The van der Waals surface area contributed by atoms with Crippen molar-refractivity contribution in [3.63, 3.8) is 0 Å². The Hall–Kier alpha value is -1.23. The molecule has 4 fully saturated rings. The zero-order valence-corrected chi connectivity index (χ0v) is 15.8. The van der Waals surface area contributed by atoms with Gasteiger partial charge in [-0.2, -0.15) is 0 Å². The molecule has 2 unspecified atom stereocenters. The minimum Gasteiger partial charge on any atom is -0.497 e. The summed E-state index contributed by atoms with van der Waals surface area (Å²) in [4.78, 5) is 13.2. The Labute approximate surface area is 151 Å². The Morgan fingerprint density at radius 3 is 2.46 bits per heavy atom. The molecule has 1 amide bonds. The summed E-state index contributed by atoms with van der Waals surface area (Å²) in [7, 11) is 3.24. The molecule has 1 aromatic rings. The van der Waals surface area contributed by atoms with Gasteiger partial charge in [-0.15, -0.1) is 0 Å². The van der Waals surface area contributed by atoms with Crippen molar-refractivity contribution >= 4 is 27.5 Å². The van der Waals surface area contributed by atoms with Crippen molar-refractivity contribution in [3.8, 4) is 11.5 Å². The van der Waals surface area contributed by atoms with E-state index >= 15 is 0 Å². The van der Waals surface area contributed by atoms with Crippen molar-refractivity contribution in [1.29, 1.82) is 0 Å². The lowest BCUT2D eigenvalue weighted by molar-refractivity contribution is -0.138. The van der Waals surface area contributed by atoms with Gasteiger partial charge < -0.3 is 14.8 Å². The number of amides is 1. The average Bonchev–Trinajstić information content (AvgIpc) is 2.52. The summed E-state index contributed by atoms with van der Waals surface area (Å²) in [6.07, 6.45) is 6.77. The van der Waals surface area contributed by atoms with Gasteiger partial charge in [0, 0.05) is 10.4 Å². The van der Waals surface area contributed by atoms with E-state index < -0.39 is 0 Å². The Kier molecular flexibility index (Phi) is 3.83. The summed E-state index contributed by atoms with van der Waals surface area (Å²) in [5.41, 5.74) is 0.501. The van der Waals surface area contributed by atoms with Crippen molar-refractivity contribution in [2.24, 2.45) is 17.3 Å². The third-order valence-corrected chi connectivity index (χ3v) is 7.06. The van der Waals surface area contributed by atoms with E-state index in [1.165, 1.54) is 19.3 Å². The van der Waals surface area contributed by atoms with Crippen LogP contribution in [-0.4, -0.2) is 24.5 Å². The average molecular weight is 394 g/mol. The van der Waals surface area contributed by atoms with Crippen molar-refractivity contribution in [1.82, 2.24) is 0 Å². The monoisotopic (exact) mass is 393 g/mol. The maximum absolute atomic E-state index is 13.2. The zero-order chi connectivity index (χ0) is 16.9. The van der Waals surface area contributed by atoms with Crippen molar-refractivity contribution in [2.45, 2.75) is 42.8 Å². The van der Waals surface area contributed by atoms with Gasteiger partial charge in [0.1, 0.15) is 11.5 Å². The molecule has 24 heavy (non-hydrogen) atoms. The molecule has 0 saturated heterocycles. The molecule has 1 aromatic carbocycles. The summed E-state index contributed by atoms with van der Waals surface area (Å²) >= 11 is 3.97. The van der Waals surface area contributed by atoms with Gasteiger partial charge in [0.05, 0.1) is 25.3 Å². The maximum atomic E-state index is 13.2. The van der Waals surface area contributed by atoms with Crippen LogP contribution in [0.5, 0.6) is 11.5 Å². The van der Waals surface area contributed by atoms with Gasteiger partial charge in [0.15, 0.2) is 0 Å². The smallest absolute Gasteiger partial charge is 0.230 e. The highest BCUT2D eigenvalue weighted by Crippen LogP contribution is 2.64. The van der Waals surface area contributed by atoms with E-state index in [1.807, 2.05) is 12.1 Å². The van der Waals surface area contributed by atoms with Crippen molar-refractivity contribution in [2.75, 3.05) is 19.5 Å². The summed E-state index contributed by atoms with van der Waals surface area (Å²) in [5.74, 6) is 2.90. The number of methoxy groups -OCH3 is 2. The van der Waals surface area contributed by atoms with E-state index in [2.05, 4.69) is 21.2 Å². The number of alkyl halides is 1. The predicted octanol–water partition coefficient (Wildman–Crippen LogP) is 4.38. The molecule has 4 saturated carbocycles. The quantitative estimate of drug-likeness (QED) is 0.772. The number of hydrogen-bond acceptors (Lipinski definition) is 3. The first-order valence-corrected chi connectivity index (χ1v) is 9.47. The summed E-state index contributed by atoms with van der Waals surface area (Å²) < 4.78 is 10.8. The Bertz CT molecular complexity index is 661. The van der Waals surface area contributed by atoms with Crippen LogP contribution in [-0.2, 0) is 4.79 Å². The molecule has 5 rings (SSSR count). The van der Waals surface area contributed by atoms with E-state index in [4.69, 9.17) is 9.47 Å². The molecule has 4 nitrogen and oxygen atoms in total. The highest BCUT2D eigenvalue weighted by molar-refractivity contribution is 9.10. The number of anilines is 1. The highest BCUT2D eigenvalue weighted by Gasteiger charge is 2.59. The van der Waals surface area contributed by atoms with Crippen LogP contribution in [0.2, 0.25) is 0 Å². The van der Waals surface area contributed by atoms with Gasteiger partial charge in [-0.1, -0.05) is 15.9 Å². The fourth-order valence-corrected chi connectivity index (χ4v) is 7.03. The molecule has 130 valence electrons. The second-order valence-corrected chi connectivity index (χ2v) is 9.59. The van der Waals surface area contributed by atoms with Crippen LogP contribution in [0.15, 0.2) is 18.2 Å². The SMILES string of the molecule is COc1ccc(NC(=O)C23C[C@@H]4C[C@@H](CC(Br)(C4)C2)C3)c(OC)c1. The standard InChI is InChI=1S/C19H24BrNO3/c1-23-14-3-4-15(16(6-14)24-2)21-17(22)18-7-12-5-13(8-18)10-19(20,9-12)11-18/h3-4,6,12-13H,5,7-11H2,1-2H3,(H,21,22)/t12-,13+,18?,19?. The number of carbonyl (C=O) groups is 1. The first-order valence-electron chi connectivity index (χ1n) is 8.68. The first-order chi connectivity index (χ1) is 11.5. The molecular formula is C19H24BrNO3. The van der Waals surface area contributed by atoms with Crippen LogP contribution in [0.3, 0.4) is 0 Å². The lowest BCUT2D eigenvalue weighted by Crippen LogP contribution is -2.57. The maximum Gasteiger partial charge on any atom is 0.230 e. The molecule has 0 heterocycles. The van der Waals surface area contributed by atoms with Gasteiger partial charge in [-0.3, -0.25) is 4.79 Å². The number of halogens is 1. The fraction of sp³-hybridized carbons (Fsp3) is 0.632. The van der Waals surface area contributed by atoms with Crippen molar-refractivity contribution in [3.05, 3.63) is 18.2 Å². The highest BCUT2D eigenvalue weighted by atomic mass is 79.9. The first kappa shape index (κ1) is 16.2. The summed E-state index contributed by atoms with van der Waals surface area (Å²) in [6, 6.07) is 5.52. The fourth-order valence-electron chi connectivity index (χ4n) is 5.57. The topological polar surface area (TPSA) is 47.6 Å². The number of benzene rings is 1. The summed E-state index contributed by atoms with van der Waals surface area (Å²) in [5, 5.41) is 3.15. The second-order valence-electron chi connectivity index (χ2n) is 7.91. The van der Waals surface area contributed by atoms with Crippen LogP contribution in [0.4, 0.5) is 5.69 Å². The summed E-state index contributed by atoms with van der Waals surface area (Å²) in [6.45, 7) is 0. The molecule has 5 heteroatoms. The van der Waals surface area contributed by atoms with E-state index in [0.29, 0.717) is 17.6 Å². The third-order valence-electron chi connectivity index (χ3n) is 6.13. The number of nitrogens with one attached hydrogen (secondary N) is 1. The van der Waals surface area contributed by atoms with Gasteiger partial charge >= 0.3 is 0 Å². The lowest BCUT2D eigenvalue weighted by atomic mass is 9.49. The molecular weight excluding hydrogens is 370 g/mol. The lowest BCUT2D eigenvalue weighted by Gasteiger charge is -2.59. The number of ether oxygens (including phenoxy) is 2. The Morgan fingerprint density at radius 2 is 1.88 bits per heavy atom. The number of carbonyl (C=O) groups excluding carboxylic acids is 1. The molecule has 0 radical (unpaired) electrons. The Balaban J connectivity index is 1.59. The van der Waals surface area contributed by atoms with Gasteiger partial charge in [0.25, 0.3) is 0 Å². The minimum atomic E-state index is -0.224. The molecule has 4 atom stereocenters. The van der Waals surface area contributed by atoms with Crippen LogP contribution in [0, 0.1) is 17.3 Å². The molecule has 0 aromatic heterocycles. The second kappa shape index (κ2) is 5.65. The zero-order valence-electron chi connectivity index (χ0n) is 14.2. The van der Waals surface area contributed by atoms with E-state index in [1.54, 1.807) is 20.3 Å². The molecule has 4 aliphatic carbocycles. The largest absolute Gasteiger partial charge is 0.497 e. The molecule has 4 aliphatic rings. The van der Waals surface area contributed by atoms with Gasteiger partial charge in [-0.05, 0) is 62.5 Å². The van der Waals surface area contributed by atoms with E-state index in [0.717, 1.165) is 30.7 Å². The minimum absolute atomic E-state index is 0.156. The molecule has 4 bridgehead atoms. The molecule has 0 aliphatic heterocycles. The van der Waals surface area contributed by atoms with Crippen LogP contribution in [0.1, 0.15) is 38.5 Å². The van der Waals surface area contributed by atoms with Gasteiger partial charge in [0.2, 0.25) is 5.91 Å². The van der Waals surface area contributed by atoms with E-state index in [9.17, 15) is 4.79 Å². The van der Waals surface area contributed by atoms with Crippen molar-refractivity contribution < 1.29 is 14.3 Å². The van der Waals surface area contributed by atoms with Gasteiger partial charge in [-0.25, -0.2) is 0 Å². The van der Waals surface area contributed by atoms with Crippen LogP contribution in [0.25, 0.3) is 0 Å². The number of hydrogen-bond donors (Lipinski definition) is 1. The molecule has 1 N–H and O–H groups in total. The van der Waals surface area contributed by atoms with Crippen LogP contribution < -0.4 is 14.8 Å². The Morgan fingerprint density at radius 1 is 1.17 bits per heavy atom.